The molecule has 0 saturated heterocycles. The Kier molecular flexibility index (Phi) is 7.76. The molecular weight excluding hydrogens is 649 g/mol. The summed E-state index contributed by atoms with van der Waals surface area (Å²) in [5, 5.41) is 13.1. The van der Waals surface area contributed by atoms with Gasteiger partial charge in [-0.15, -0.1) is 0 Å². The summed E-state index contributed by atoms with van der Waals surface area (Å²) in [5.41, 5.74) is 15.6. The van der Waals surface area contributed by atoms with Crippen LogP contribution in [-0.4, -0.2) is 27.2 Å². The molecule has 8 bridgehead atoms. The van der Waals surface area contributed by atoms with Gasteiger partial charge in [0.2, 0.25) is 0 Å². The highest BCUT2D eigenvalue weighted by Gasteiger charge is 2.40. The Balaban J connectivity index is 1.37. The van der Waals surface area contributed by atoms with Gasteiger partial charge in [-0.1, -0.05) is 119 Å². The van der Waals surface area contributed by atoms with Gasteiger partial charge in [0.15, 0.2) is 5.60 Å². The lowest BCUT2D eigenvalue weighted by Crippen LogP contribution is -2.36. The minimum atomic E-state index is -1.58. The van der Waals surface area contributed by atoms with Crippen molar-refractivity contribution in [3.05, 3.63) is 219 Å². The molecule has 4 aromatic carbocycles. The molecule has 0 spiro atoms. The zero-order chi connectivity index (χ0) is 36.3. The molecule has 5 heteroatoms. The van der Waals surface area contributed by atoms with Crippen LogP contribution < -0.4 is 0 Å². The molecule has 0 radical (unpaired) electrons. The molecule has 1 unspecified atom stereocenters. The fourth-order valence-corrected chi connectivity index (χ4v) is 7.43. The van der Waals surface area contributed by atoms with Crippen LogP contribution in [0.15, 0.2) is 178 Å². The Morgan fingerprint density at radius 3 is 1.36 bits per heavy atom. The van der Waals surface area contributed by atoms with Crippen molar-refractivity contribution in [2.45, 2.75) is 33.3 Å². The standard InChI is InChI=1S/C48H38N4O/c1-29-5-13-33(14-6-29)45-37-21-23-39(49-37)46(34-15-7-30(2)8-16-34)41-25-27-43(51-41)48(53,36-19-11-32(4)12-20-36)44-28-26-42(52-44)47(40-24-22-38(45)50-40)35-17-9-31(3)10-18-35/h5-28,51,53H,1-4H3/b45-38-,46-39-,47-42-. The Bertz CT molecular complexity index is 2600. The zero-order valence-corrected chi connectivity index (χ0v) is 30.1. The summed E-state index contributed by atoms with van der Waals surface area (Å²) in [6, 6.07) is 37.6. The first kappa shape index (κ1) is 32.5. The van der Waals surface area contributed by atoms with E-state index >= 15 is 0 Å². The van der Waals surface area contributed by atoms with Crippen molar-refractivity contribution in [2.75, 3.05) is 0 Å². The maximum absolute atomic E-state index is 13.1. The molecule has 5 heterocycles. The van der Waals surface area contributed by atoms with Gasteiger partial charge in [0.1, 0.15) is 0 Å². The number of hydrogen-bond acceptors (Lipinski definition) is 4. The molecule has 5 aromatic rings. The number of aromatic nitrogens is 1. The number of aliphatic hydroxyl groups is 1. The quantitative estimate of drug-likeness (QED) is 0.194. The largest absolute Gasteiger partial charge is 0.373 e. The van der Waals surface area contributed by atoms with Crippen LogP contribution in [0, 0.1) is 27.7 Å². The van der Waals surface area contributed by atoms with E-state index in [9.17, 15) is 5.11 Å². The van der Waals surface area contributed by atoms with Crippen LogP contribution in [0.5, 0.6) is 0 Å². The lowest BCUT2D eigenvalue weighted by molar-refractivity contribution is 0.152. The number of nitrogens with one attached hydrogen (secondary N) is 1. The second kappa shape index (κ2) is 12.7. The maximum Gasteiger partial charge on any atom is 0.172 e. The molecule has 53 heavy (non-hydrogen) atoms. The third-order valence-electron chi connectivity index (χ3n) is 10.4. The molecule has 5 nitrogen and oxygen atoms in total. The van der Waals surface area contributed by atoms with Gasteiger partial charge in [0.25, 0.3) is 0 Å². The summed E-state index contributed by atoms with van der Waals surface area (Å²) in [4.78, 5) is 19.6. The number of benzene rings is 4. The predicted octanol–water partition coefficient (Wildman–Crippen LogP) is 10.1. The van der Waals surface area contributed by atoms with Gasteiger partial charge in [0.05, 0.1) is 39.9 Å². The van der Waals surface area contributed by atoms with E-state index in [4.69, 9.17) is 15.0 Å². The molecule has 1 atom stereocenters. The zero-order valence-electron chi connectivity index (χ0n) is 30.1. The van der Waals surface area contributed by atoms with Gasteiger partial charge in [-0.05, 0) is 98.5 Å². The van der Waals surface area contributed by atoms with E-state index < -0.39 is 5.60 Å². The highest BCUT2D eigenvalue weighted by molar-refractivity contribution is 6.36. The summed E-state index contributed by atoms with van der Waals surface area (Å²) in [5.74, 6) is 0. The molecule has 2 N–H and O–H groups in total. The van der Waals surface area contributed by atoms with E-state index in [1.807, 2.05) is 55.5 Å². The fraction of sp³-hybridized carbons (Fsp3) is 0.104. The van der Waals surface area contributed by atoms with Crippen molar-refractivity contribution in [3.8, 4) is 0 Å². The highest BCUT2D eigenvalue weighted by Crippen LogP contribution is 2.40. The maximum atomic E-state index is 13.1. The minimum Gasteiger partial charge on any atom is -0.373 e. The monoisotopic (exact) mass is 686 g/mol. The van der Waals surface area contributed by atoms with Gasteiger partial charge in [-0.25, -0.2) is 15.0 Å². The molecular formula is C48H38N4O. The van der Waals surface area contributed by atoms with Crippen LogP contribution in [0.25, 0.3) is 16.7 Å². The second-order valence-electron chi connectivity index (χ2n) is 14.2. The molecule has 9 rings (SSSR count). The lowest BCUT2D eigenvalue weighted by Gasteiger charge is -2.28. The summed E-state index contributed by atoms with van der Waals surface area (Å²) in [6.45, 7) is 8.33. The van der Waals surface area contributed by atoms with Crippen LogP contribution >= 0.6 is 0 Å². The predicted molar refractivity (Wildman–Crippen MR) is 218 cm³/mol. The molecule has 4 aliphatic heterocycles. The number of aliphatic imine (C=N–C) groups is 3. The number of hydrogen-bond donors (Lipinski definition) is 2. The van der Waals surface area contributed by atoms with Crippen LogP contribution in [0.4, 0.5) is 0 Å². The average molecular weight is 687 g/mol. The Morgan fingerprint density at radius 1 is 0.434 bits per heavy atom. The van der Waals surface area contributed by atoms with Crippen molar-refractivity contribution in [2.24, 2.45) is 15.0 Å². The van der Waals surface area contributed by atoms with E-state index in [0.717, 1.165) is 78.7 Å². The number of H-pyrrole nitrogens is 1. The van der Waals surface area contributed by atoms with E-state index in [-0.39, 0.29) is 0 Å². The molecule has 4 aliphatic rings. The summed E-state index contributed by atoms with van der Waals surface area (Å²) in [6.07, 6.45) is 12.3. The Morgan fingerprint density at radius 2 is 0.849 bits per heavy atom. The van der Waals surface area contributed by atoms with Crippen molar-refractivity contribution in [1.82, 2.24) is 4.98 Å². The molecule has 1 aromatic heterocycles. The SMILES string of the molecule is Cc1ccc(/C2=C3\C=CC(=N3)/C(c3ccc(C)cc3)=C3/C=CC(=N3)C(O)(c3ccc(C)cc3)c3ccc([nH]3)/C(c3ccc(C)cc3)=C3/C=CC2=N3)cc1. The molecule has 0 amide bonds. The Labute approximate surface area is 309 Å². The number of allylic oxidation sites excluding steroid dienone is 7. The number of rotatable bonds is 4. The van der Waals surface area contributed by atoms with E-state index in [1.54, 1.807) is 0 Å². The first-order valence-corrected chi connectivity index (χ1v) is 18.0. The molecule has 256 valence electrons. The normalized spacial score (nSPS) is 23.1. The van der Waals surface area contributed by atoms with Gasteiger partial charge in [-0.3, -0.25) is 0 Å². The van der Waals surface area contributed by atoms with Crippen LogP contribution in [-0.2, 0) is 5.60 Å². The summed E-state index contributed by atoms with van der Waals surface area (Å²) < 4.78 is 0. The first-order valence-electron chi connectivity index (χ1n) is 18.0. The van der Waals surface area contributed by atoms with Gasteiger partial charge in [-0.2, -0.15) is 0 Å². The summed E-state index contributed by atoms with van der Waals surface area (Å²) >= 11 is 0. The van der Waals surface area contributed by atoms with Crippen molar-refractivity contribution in [3.63, 3.8) is 0 Å². The van der Waals surface area contributed by atoms with Crippen molar-refractivity contribution < 1.29 is 5.11 Å². The van der Waals surface area contributed by atoms with E-state index in [0.29, 0.717) is 11.4 Å². The smallest absolute Gasteiger partial charge is 0.172 e. The van der Waals surface area contributed by atoms with Crippen LogP contribution in [0.2, 0.25) is 0 Å². The lowest BCUT2D eigenvalue weighted by atomic mass is 9.85. The minimum absolute atomic E-state index is 0.519. The number of aromatic amines is 1. The summed E-state index contributed by atoms with van der Waals surface area (Å²) in [7, 11) is 0. The second-order valence-corrected chi connectivity index (χ2v) is 14.2. The molecule has 0 aliphatic carbocycles. The molecule has 0 fully saturated rings. The van der Waals surface area contributed by atoms with Crippen molar-refractivity contribution >= 4 is 33.9 Å². The van der Waals surface area contributed by atoms with Gasteiger partial charge < -0.3 is 10.1 Å². The third-order valence-corrected chi connectivity index (χ3v) is 10.4. The van der Waals surface area contributed by atoms with Gasteiger partial charge >= 0.3 is 0 Å². The first-order chi connectivity index (χ1) is 25.7. The number of nitrogens with zero attached hydrogens (tertiary/aromatic N) is 3. The highest BCUT2D eigenvalue weighted by atomic mass is 16.3. The van der Waals surface area contributed by atoms with Crippen molar-refractivity contribution in [1.29, 1.82) is 0 Å². The number of fused-ring (bicyclic) bond motifs is 5. The average Bonchev–Trinajstić information content (AvgIpc) is 4.01. The van der Waals surface area contributed by atoms with E-state index in [2.05, 4.69) is 123 Å². The van der Waals surface area contributed by atoms with Gasteiger partial charge in [0, 0.05) is 22.4 Å². The fourth-order valence-electron chi connectivity index (χ4n) is 7.43. The molecule has 0 saturated carbocycles. The van der Waals surface area contributed by atoms with Crippen LogP contribution in [0.3, 0.4) is 0 Å². The Hall–Kier alpha value is -6.43. The van der Waals surface area contributed by atoms with Crippen LogP contribution in [0.1, 0.15) is 55.9 Å². The third kappa shape index (κ3) is 5.67. The number of aryl methyl sites for hydroxylation is 4. The topological polar surface area (TPSA) is 73.1 Å². The van der Waals surface area contributed by atoms with E-state index in [1.165, 1.54) is 16.7 Å².